The zero-order valence-electron chi connectivity index (χ0n) is 14.8. The molecule has 10 heteroatoms. The van der Waals surface area contributed by atoms with Crippen LogP contribution in [0, 0.1) is 5.82 Å². The second-order valence-electron chi connectivity index (χ2n) is 5.66. The number of carboxylic acids is 1. The van der Waals surface area contributed by atoms with Crippen molar-refractivity contribution in [3.63, 3.8) is 0 Å². The number of sulfonamides is 1. The average molecular weight is 422 g/mol. The number of halogens is 1. The van der Waals surface area contributed by atoms with Crippen LogP contribution in [0.4, 0.5) is 10.1 Å². The van der Waals surface area contributed by atoms with Crippen molar-refractivity contribution < 1.29 is 27.4 Å². The van der Waals surface area contributed by atoms with Crippen molar-refractivity contribution in [1.82, 2.24) is 4.98 Å². The van der Waals surface area contributed by atoms with Crippen molar-refractivity contribution in [2.75, 3.05) is 18.5 Å². The number of carbonyl (C=O) groups is 1. The molecule has 0 unspecified atom stereocenters. The lowest BCUT2D eigenvalue weighted by atomic mass is 10.2. The number of benzene rings is 2. The molecule has 7 nitrogen and oxygen atoms in total. The minimum atomic E-state index is -3.97. The van der Waals surface area contributed by atoms with Gasteiger partial charge in [0.15, 0.2) is 4.21 Å². The van der Waals surface area contributed by atoms with Gasteiger partial charge >= 0.3 is 5.97 Å². The van der Waals surface area contributed by atoms with Gasteiger partial charge in [-0.1, -0.05) is 0 Å². The molecule has 0 amide bonds. The van der Waals surface area contributed by atoms with Crippen LogP contribution < -0.4 is 9.04 Å². The van der Waals surface area contributed by atoms with Gasteiger partial charge in [0, 0.05) is 12.6 Å². The van der Waals surface area contributed by atoms with Crippen LogP contribution in [0.25, 0.3) is 10.6 Å². The first-order valence-electron chi connectivity index (χ1n) is 7.86. The van der Waals surface area contributed by atoms with Gasteiger partial charge in [-0.2, -0.15) is 0 Å². The third-order valence-electron chi connectivity index (χ3n) is 3.96. The van der Waals surface area contributed by atoms with Gasteiger partial charge in [0.05, 0.1) is 24.6 Å². The van der Waals surface area contributed by atoms with E-state index in [4.69, 9.17) is 9.84 Å². The highest BCUT2D eigenvalue weighted by Crippen LogP contribution is 2.35. The molecule has 1 heterocycles. The van der Waals surface area contributed by atoms with Crippen molar-refractivity contribution in [3.8, 4) is 16.3 Å². The lowest BCUT2D eigenvalue weighted by Gasteiger charge is -2.20. The summed E-state index contributed by atoms with van der Waals surface area (Å²) in [4.78, 5) is 15.2. The van der Waals surface area contributed by atoms with Crippen LogP contribution >= 0.6 is 11.3 Å². The molecular weight excluding hydrogens is 407 g/mol. The topological polar surface area (TPSA) is 96.8 Å². The second-order valence-corrected chi connectivity index (χ2v) is 8.88. The molecule has 28 heavy (non-hydrogen) atoms. The van der Waals surface area contributed by atoms with Gasteiger partial charge in [-0.25, -0.2) is 22.6 Å². The Labute approximate surface area is 164 Å². The number of hydrogen-bond donors (Lipinski definition) is 1. The quantitative estimate of drug-likeness (QED) is 0.653. The third-order valence-corrected chi connectivity index (χ3v) is 7.21. The Bertz CT molecular complexity index is 1130. The lowest BCUT2D eigenvalue weighted by molar-refractivity contribution is 0.0696. The van der Waals surface area contributed by atoms with Crippen molar-refractivity contribution in [3.05, 3.63) is 60.0 Å². The summed E-state index contributed by atoms with van der Waals surface area (Å²) < 4.78 is 45.2. The molecule has 0 radical (unpaired) electrons. The van der Waals surface area contributed by atoms with E-state index in [1.165, 1.54) is 62.8 Å². The van der Waals surface area contributed by atoms with E-state index in [1.54, 1.807) is 0 Å². The molecule has 0 spiro atoms. The van der Waals surface area contributed by atoms with Gasteiger partial charge in [0.2, 0.25) is 0 Å². The first kappa shape index (κ1) is 19.8. The van der Waals surface area contributed by atoms with E-state index in [0.717, 1.165) is 15.6 Å². The smallest absolute Gasteiger partial charge is 0.335 e. The van der Waals surface area contributed by atoms with Gasteiger partial charge in [0.1, 0.15) is 16.6 Å². The molecule has 0 saturated carbocycles. The number of methoxy groups -OCH3 is 1. The number of nitrogens with zero attached hydrogens (tertiary/aromatic N) is 2. The second kappa shape index (κ2) is 7.56. The van der Waals surface area contributed by atoms with Crippen LogP contribution in [0.5, 0.6) is 5.75 Å². The largest absolute Gasteiger partial charge is 0.495 e. The van der Waals surface area contributed by atoms with E-state index >= 15 is 0 Å². The molecule has 3 rings (SSSR count). The molecule has 0 atom stereocenters. The summed E-state index contributed by atoms with van der Waals surface area (Å²) in [6.45, 7) is 0. The minimum Gasteiger partial charge on any atom is -0.495 e. The standard InChI is InChI=1S/C18H15FN2O5S2/c1-21(14-8-5-12(18(22)23)9-15(14)26-2)28(24,25)16-10-20-17(27-16)11-3-6-13(19)7-4-11/h3-10H,1-2H3,(H,22,23). The monoisotopic (exact) mass is 422 g/mol. The molecule has 2 aromatic carbocycles. The molecule has 3 aromatic rings. The Balaban J connectivity index is 1.97. The van der Waals surface area contributed by atoms with E-state index in [2.05, 4.69) is 4.98 Å². The Morgan fingerprint density at radius 1 is 1.21 bits per heavy atom. The Morgan fingerprint density at radius 2 is 1.89 bits per heavy atom. The molecule has 0 aliphatic rings. The summed E-state index contributed by atoms with van der Waals surface area (Å²) in [5.74, 6) is -1.44. The average Bonchev–Trinajstić information content (AvgIpc) is 3.18. The van der Waals surface area contributed by atoms with Gasteiger partial charge in [-0.3, -0.25) is 4.31 Å². The number of ether oxygens (including phenoxy) is 1. The predicted octanol–water partition coefficient (Wildman–Crippen LogP) is 3.48. The molecule has 146 valence electrons. The highest BCUT2D eigenvalue weighted by Gasteiger charge is 2.27. The lowest BCUT2D eigenvalue weighted by Crippen LogP contribution is -2.26. The molecule has 1 N–H and O–H groups in total. The first-order chi connectivity index (χ1) is 13.2. The third kappa shape index (κ3) is 3.69. The van der Waals surface area contributed by atoms with Crippen LogP contribution in [0.3, 0.4) is 0 Å². The maximum atomic E-state index is 13.1. The minimum absolute atomic E-state index is 0.0151. The van der Waals surface area contributed by atoms with Crippen LogP contribution in [0.1, 0.15) is 10.4 Å². The summed E-state index contributed by atoms with van der Waals surface area (Å²) in [5, 5.41) is 9.51. The number of thiazole rings is 1. The summed E-state index contributed by atoms with van der Waals surface area (Å²) in [6.07, 6.45) is 1.23. The first-order valence-corrected chi connectivity index (χ1v) is 10.1. The maximum absolute atomic E-state index is 13.1. The van der Waals surface area contributed by atoms with Crippen LogP contribution in [-0.2, 0) is 10.0 Å². The summed E-state index contributed by atoms with van der Waals surface area (Å²) in [6, 6.07) is 9.48. The number of carboxylic acid groups (broad SMARTS) is 1. The molecule has 0 saturated heterocycles. The molecule has 0 fully saturated rings. The highest BCUT2D eigenvalue weighted by molar-refractivity contribution is 7.94. The SMILES string of the molecule is COc1cc(C(=O)O)ccc1N(C)S(=O)(=O)c1cnc(-c2ccc(F)cc2)s1. The van der Waals surface area contributed by atoms with E-state index in [0.29, 0.717) is 10.6 Å². The molecule has 0 bridgehead atoms. The number of rotatable bonds is 6. The number of aromatic carboxylic acids is 1. The van der Waals surface area contributed by atoms with E-state index in [-0.39, 0.29) is 21.2 Å². The van der Waals surface area contributed by atoms with Crippen molar-refractivity contribution in [1.29, 1.82) is 0 Å². The normalized spacial score (nSPS) is 11.2. The molecular formula is C18H15FN2O5S2. The van der Waals surface area contributed by atoms with Gasteiger partial charge < -0.3 is 9.84 Å². The van der Waals surface area contributed by atoms with E-state index < -0.39 is 21.8 Å². The summed E-state index contributed by atoms with van der Waals surface area (Å²) in [7, 11) is -1.30. The van der Waals surface area contributed by atoms with Crippen LogP contribution in [0.15, 0.2) is 52.9 Å². The van der Waals surface area contributed by atoms with Crippen LogP contribution in [-0.4, -0.2) is 38.6 Å². The zero-order chi connectivity index (χ0) is 20.5. The molecule has 1 aromatic heterocycles. The number of aromatic nitrogens is 1. The van der Waals surface area contributed by atoms with Gasteiger partial charge in [-0.05, 0) is 42.5 Å². The Kier molecular flexibility index (Phi) is 5.34. The molecule has 0 aliphatic carbocycles. The van der Waals surface area contributed by atoms with Crippen molar-refractivity contribution >= 4 is 33.0 Å². The fraction of sp³-hybridized carbons (Fsp3) is 0.111. The van der Waals surface area contributed by atoms with Gasteiger partial charge in [0.25, 0.3) is 10.0 Å². The van der Waals surface area contributed by atoms with Crippen molar-refractivity contribution in [2.45, 2.75) is 4.21 Å². The Hall–Kier alpha value is -2.98. The molecule has 0 aliphatic heterocycles. The fourth-order valence-corrected chi connectivity index (χ4v) is 4.95. The highest BCUT2D eigenvalue weighted by atomic mass is 32.2. The van der Waals surface area contributed by atoms with E-state index in [1.807, 2.05) is 0 Å². The maximum Gasteiger partial charge on any atom is 0.335 e. The fourth-order valence-electron chi connectivity index (χ4n) is 2.44. The Morgan fingerprint density at radius 3 is 2.50 bits per heavy atom. The summed E-state index contributed by atoms with van der Waals surface area (Å²) in [5.41, 5.74) is 0.755. The zero-order valence-corrected chi connectivity index (χ0v) is 16.4. The van der Waals surface area contributed by atoms with Gasteiger partial charge in [-0.15, -0.1) is 11.3 Å². The predicted molar refractivity (Wildman–Crippen MR) is 103 cm³/mol. The number of anilines is 1. The number of hydrogen-bond acceptors (Lipinski definition) is 6. The van der Waals surface area contributed by atoms with Crippen LogP contribution in [0.2, 0.25) is 0 Å². The summed E-state index contributed by atoms with van der Waals surface area (Å²) >= 11 is 0.945. The van der Waals surface area contributed by atoms with Crippen molar-refractivity contribution in [2.24, 2.45) is 0 Å². The van der Waals surface area contributed by atoms with E-state index in [9.17, 15) is 17.6 Å².